The van der Waals surface area contributed by atoms with Gasteiger partial charge >= 0.3 is 11.9 Å². The van der Waals surface area contributed by atoms with Gasteiger partial charge in [0.05, 0.1) is 12.8 Å². The van der Waals surface area contributed by atoms with E-state index >= 15 is 0 Å². The summed E-state index contributed by atoms with van der Waals surface area (Å²) >= 11 is 0. The number of unbranched alkanes of at least 4 members (excludes halogenated alkanes) is 4. The minimum absolute atomic E-state index is 0.124. The van der Waals surface area contributed by atoms with Crippen molar-refractivity contribution < 1.29 is 64.9 Å². The number of carbonyl (C=O) groups is 6. The molecule has 2 saturated heterocycles. The van der Waals surface area contributed by atoms with Crippen molar-refractivity contribution in [1.82, 2.24) is 9.80 Å². The number of likely N-dealkylation sites (tertiary alicyclic amines) is 2. The first-order valence-electron chi connectivity index (χ1n) is 10.6. The van der Waals surface area contributed by atoms with Crippen LogP contribution in [-0.4, -0.2) is 97.7 Å². The predicted octanol–water partition coefficient (Wildman–Crippen LogP) is -1.39. The second-order valence-electron chi connectivity index (χ2n) is 8.33. The van der Waals surface area contributed by atoms with Crippen LogP contribution < -0.4 is 0 Å². The molecular formula is C18H24N2O14S2. The first kappa shape index (κ1) is 29.3. The lowest BCUT2D eigenvalue weighted by Crippen LogP contribution is -2.69. The molecule has 202 valence electrons. The lowest BCUT2D eigenvalue weighted by Gasteiger charge is -2.42. The van der Waals surface area contributed by atoms with Crippen LogP contribution in [0.15, 0.2) is 0 Å². The molecule has 2 heterocycles. The Hall–Kier alpha value is -2.96. The van der Waals surface area contributed by atoms with Gasteiger partial charge in [-0.15, -0.1) is 0 Å². The highest BCUT2D eigenvalue weighted by Gasteiger charge is 2.66. The summed E-state index contributed by atoms with van der Waals surface area (Å²) in [6.07, 6.45) is -2.35. The maximum atomic E-state index is 12.8. The van der Waals surface area contributed by atoms with Gasteiger partial charge in [0.1, 0.15) is 0 Å². The molecule has 36 heavy (non-hydrogen) atoms. The molecule has 4 amide bonds. The molecule has 2 atom stereocenters. The molecule has 16 nitrogen and oxygen atoms in total. The number of amides is 4. The van der Waals surface area contributed by atoms with Crippen molar-refractivity contribution in [3.63, 3.8) is 0 Å². The van der Waals surface area contributed by atoms with Crippen molar-refractivity contribution in [1.29, 1.82) is 0 Å². The fourth-order valence-electron chi connectivity index (χ4n) is 4.25. The normalized spacial score (nSPS) is 21.5. The van der Waals surface area contributed by atoms with Gasteiger partial charge < -0.3 is 10.2 Å². The quantitative estimate of drug-likeness (QED) is 0.116. The molecule has 2 rings (SSSR count). The lowest BCUT2D eigenvalue weighted by molar-refractivity contribution is -0.183. The molecule has 2 aliphatic heterocycles. The van der Waals surface area contributed by atoms with Crippen LogP contribution in [0.4, 0.5) is 0 Å². The van der Waals surface area contributed by atoms with Crippen LogP contribution in [0.2, 0.25) is 0 Å². The fraction of sp³-hybridized carbons (Fsp3) is 0.667. The van der Waals surface area contributed by atoms with Gasteiger partial charge in [0.25, 0.3) is 32.1 Å². The zero-order chi connectivity index (χ0) is 27.6. The first-order chi connectivity index (χ1) is 16.5. The number of carboxylic acids is 2. The fourth-order valence-corrected chi connectivity index (χ4v) is 5.68. The third-order valence-electron chi connectivity index (χ3n) is 5.93. The van der Waals surface area contributed by atoms with Crippen LogP contribution >= 0.6 is 0 Å². The summed E-state index contributed by atoms with van der Waals surface area (Å²) in [5.41, 5.74) is -3.18. The number of aliphatic carboxylic acids is 2. The summed E-state index contributed by atoms with van der Waals surface area (Å²) in [5, 5.41) is 13.9. The van der Waals surface area contributed by atoms with E-state index < -0.39 is 91.2 Å². The molecule has 0 aromatic carbocycles. The number of rotatable bonds is 13. The van der Waals surface area contributed by atoms with E-state index in [1.165, 1.54) is 0 Å². The molecule has 0 aromatic heterocycles. The number of hydrogen-bond acceptors (Lipinski definition) is 10. The highest BCUT2D eigenvalue weighted by molar-refractivity contribution is 7.87. The number of carboxylic acid groups (broad SMARTS) is 2. The van der Waals surface area contributed by atoms with Crippen LogP contribution in [0.1, 0.15) is 57.8 Å². The molecule has 0 aliphatic carbocycles. The van der Waals surface area contributed by atoms with Gasteiger partial charge in [-0.1, -0.05) is 19.3 Å². The summed E-state index contributed by atoms with van der Waals surface area (Å²) in [5.74, 6) is -9.54. The third-order valence-corrected chi connectivity index (χ3v) is 8.10. The van der Waals surface area contributed by atoms with Crippen LogP contribution in [0.25, 0.3) is 0 Å². The molecule has 0 bridgehead atoms. The molecule has 18 heteroatoms. The van der Waals surface area contributed by atoms with Gasteiger partial charge in [-0.2, -0.15) is 16.8 Å². The highest BCUT2D eigenvalue weighted by Crippen LogP contribution is 2.38. The smallest absolute Gasteiger partial charge is 0.351 e. The third kappa shape index (κ3) is 5.71. The van der Waals surface area contributed by atoms with E-state index in [4.69, 9.17) is 5.11 Å². The van der Waals surface area contributed by atoms with Gasteiger partial charge in [-0.3, -0.25) is 33.1 Å². The molecule has 0 spiro atoms. The zero-order valence-corrected chi connectivity index (χ0v) is 20.2. The van der Waals surface area contributed by atoms with Crippen LogP contribution in [0.5, 0.6) is 0 Å². The van der Waals surface area contributed by atoms with Crippen molar-refractivity contribution in [2.45, 2.75) is 74.0 Å². The Bertz CT molecular complexity index is 1120. The van der Waals surface area contributed by atoms with Gasteiger partial charge in [-0.25, -0.2) is 14.6 Å². The van der Waals surface area contributed by atoms with Crippen molar-refractivity contribution in [3.8, 4) is 0 Å². The average Bonchev–Trinajstić information content (AvgIpc) is 3.20. The summed E-state index contributed by atoms with van der Waals surface area (Å²) in [6, 6.07) is 0. The summed E-state index contributed by atoms with van der Waals surface area (Å²) < 4.78 is 64.9. The van der Waals surface area contributed by atoms with Crippen LogP contribution in [0.3, 0.4) is 0 Å². The zero-order valence-electron chi connectivity index (χ0n) is 18.6. The predicted molar refractivity (Wildman–Crippen MR) is 114 cm³/mol. The number of hydrogen-bond donors (Lipinski definition) is 4. The second kappa shape index (κ2) is 10.6. The Morgan fingerprint density at radius 1 is 0.750 bits per heavy atom. The monoisotopic (exact) mass is 556 g/mol. The SMILES string of the molecule is O=C(O)CCCCCCCC(C(=O)O)(N1C(=O)C[C@H](S(=O)(=O)O)C1=O)N1C(=O)C[C@H](S(=O)(=O)O)C1=O. The standard InChI is InChI=1S/C18H24N2O14S2/c21-12-8-10(35(29,30)31)15(25)19(12)18(17(27)28,7-5-3-1-2-4-6-14(23)24)20-13(22)9-11(16(20)26)36(32,33)34/h10-11H,1-9H2,(H,23,24)(H,27,28)(H,29,30,31)(H,32,33,34)/t10-,11-/m0/s1. The van der Waals surface area contributed by atoms with E-state index in [1.807, 2.05) is 0 Å². The molecule has 0 saturated carbocycles. The molecule has 0 aromatic rings. The molecule has 2 fully saturated rings. The Kier molecular flexibility index (Phi) is 8.60. The van der Waals surface area contributed by atoms with E-state index in [0.717, 1.165) is 0 Å². The Labute approximate surface area is 204 Å². The van der Waals surface area contributed by atoms with E-state index in [1.54, 1.807) is 0 Å². The van der Waals surface area contributed by atoms with Gasteiger partial charge in [0, 0.05) is 12.8 Å². The van der Waals surface area contributed by atoms with Crippen molar-refractivity contribution >= 4 is 55.8 Å². The van der Waals surface area contributed by atoms with Crippen LogP contribution in [-0.2, 0) is 49.0 Å². The minimum atomic E-state index is -5.21. The summed E-state index contributed by atoms with van der Waals surface area (Å²) in [4.78, 5) is 73.9. The molecule has 0 unspecified atom stereocenters. The highest BCUT2D eigenvalue weighted by atomic mass is 32.2. The number of nitrogens with zero attached hydrogens (tertiary/aromatic N) is 2. The maximum Gasteiger partial charge on any atom is 0.351 e. The summed E-state index contributed by atoms with van der Waals surface area (Å²) in [6.45, 7) is 0. The Balaban J connectivity index is 2.50. The largest absolute Gasteiger partial charge is 0.481 e. The van der Waals surface area contributed by atoms with Crippen molar-refractivity contribution in [2.24, 2.45) is 0 Å². The van der Waals surface area contributed by atoms with Gasteiger partial charge in [0.2, 0.25) is 17.5 Å². The van der Waals surface area contributed by atoms with Crippen molar-refractivity contribution in [2.75, 3.05) is 0 Å². The molecule has 2 aliphatic rings. The average molecular weight is 557 g/mol. The lowest BCUT2D eigenvalue weighted by atomic mass is 9.96. The first-order valence-corrected chi connectivity index (χ1v) is 13.6. The topological polar surface area (TPSA) is 258 Å². The maximum absolute atomic E-state index is 12.8. The van der Waals surface area contributed by atoms with E-state index in [0.29, 0.717) is 12.8 Å². The minimum Gasteiger partial charge on any atom is -0.481 e. The molecule has 4 N–H and O–H groups in total. The van der Waals surface area contributed by atoms with Crippen molar-refractivity contribution in [3.05, 3.63) is 0 Å². The number of carbonyl (C=O) groups excluding carboxylic acids is 4. The Morgan fingerprint density at radius 3 is 1.47 bits per heavy atom. The number of imide groups is 2. The van der Waals surface area contributed by atoms with Gasteiger partial charge in [-0.05, 0) is 12.8 Å². The summed E-state index contributed by atoms with van der Waals surface area (Å²) in [7, 11) is -10.4. The van der Waals surface area contributed by atoms with E-state index in [9.17, 15) is 59.8 Å². The molecular weight excluding hydrogens is 532 g/mol. The Morgan fingerprint density at radius 2 is 1.14 bits per heavy atom. The van der Waals surface area contributed by atoms with Gasteiger partial charge in [0.15, 0.2) is 10.5 Å². The van der Waals surface area contributed by atoms with E-state index in [2.05, 4.69) is 0 Å². The second-order valence-corrected chi connectivity index (χ2v) is 11.5. The van der Waals surface area contributed by atoms with Crippen LogP contribution in [0, 0.1) is 0 Å². The molecule has 0 radical (unpaired) electrons. The van der Waals surface area contributed by atoms with E-state index in [-0.39, 0.29) is 35.5 Å².